The molecule has 0 saturated heterocycles. The third-order valence-corrected chi connectivity index (χ3v) is 2.73. The van der Waals surface area contributed by atoms with Crippen LogP contribution in [0.5, 0.6) is 0 Å². The smallest absolute Gasteiger partial charge is 0.407 e. The zero-order valence-corrected chi connectivity index (χ0v) is 12.8. The fraction of sp³-hybridized carbons (Fsp3) is 0.833. The minimum absolute atomic E-state index is 0.0692. The van der Waals surface area contributed by atoms with Crippen LogP contribution in [0.25, 0.3) is 0 Å². The van der Waals surface area contributed by atoms with Crippen molar-refractivity contribution in [2.75, 3.05) is 5.33 Å². The minimum atomic E-state index is -0.523. The van der Waals surface area contributed by atoms with Crippen molar-refractivity contribution in [3.8, 4) is 0 Å². The van der Waals surface area contributed by atoms with E-state index >= 15 is 0 Å². The van der Waals surface area contributed by atoms with E-state index in [0.29, 0.717) is 11.8 Å². The van der Waals surface area contributed by atoms with E-state index < -0.39 is 11.7 Å². The molecule has 1 atom stereocenters. The third kappa shape index (κ3) is 8.18. The van der Waals surface area contributed by atoms with Gasteiger partial charge < -0.3 is 10.1 Å². The molecule has 100 valence electrons. The lowest BCUT2D eigenvalue weighted by molar-refractivity contribution is -0.117. The van der Waals surface area contributed by atoms with Gasteiger partial charge in [-0.3, -0.25) is 4.79 Å². The highest BCUT2D eigenvalue weighted by molar-refractivity contribution is 9.09. The Kier molecular flexibility index (Phi) is 6.75. The van der Waals surface area contributed by atoms with Gasteiger partial charge in [-0.05, 0) is 26.7 Å². The van der Waals surface area contributed by atoms with Gasteiger partial charge in [0, 0.05) is 12.5 Å². The average Bonchev–Trinajstić information content (AvgIpc) is 2.13. The van der Waals surface area contributed by atoms with Crippen LogP contribution < -0.4 is 5.32 Å². The number of ether oxygens (including phenoxy) is 1. The van der Waals surface area contributed by atoms with Crippen molar-refractivity contribution in [2.24, 2.45) is 5.92 Å². The van der Waals surface area contributed by atoms with E-state index in [0.717, 1.165) is 0 Å². The van der Waals surface area contributed by atoms with Crippen LogP contribution in [-0.4, -0.2) is 28.8 Å². The lowest BCUT2D eigenvalue weighted by Crippen LogP contribution is -2.43. The number of halogens is 1. The number of ketones is 1. The fourth-order valence-corrected chi connectivity index (χ4v) is 1.44. The number of carbonyl (C=O) groups is 2. The quantitative estimate of drug-likeness (QED) is 0.795. The van der Waals surface area contributed by atoms with Gasteiger partial charge in [0.2, 0.25) is 0 Å². The van der Waals surface area contributed by atoms with E-state index in [-0.39, 0.29) is 17.7 Å². The molecule has 0 aliphatic rings. The van der Waals surface area contributed by atoms with Gasteiger partial charge in [-0.2, -0.15) is 0 Å². The molecule has 0 bridgehead atoms. The summed E-state index contributed by atoms with van der Waals surface area (Å²) in [5.74, 6) is 0.255. The van der Waals surface area contributed by atoms with Crippen LogP contribution in [-0.2, 0) is 9.53 Å². The molecular weight excluding hydrogens is 286 g/mol. The summed E-state index contributed by atoms with van der Waals surface area (Å²) in [7, 11) is 0. The summed E-state index contributed by atoms with van der Waals surface area (Å²) >= 11 is 3.11. The number of hydrogen-bond acceptors (Lipinski definition) is 3. The SMILES string of the molecule is CC(C)[C@@H](CC(=O)CBr)NC(=O)OC(C)(C)C. The van der Waals surface area contributed by atoms with E-state index in [1.165, 1.54) is 0 Å². The van der Waals surface area contributed by atoms with Crippen LogP contribution in [0.1, 0.15) is 41.0 Å². The second-order valence-corrected chi connectivity index (χ2v) is 5.93. The van der Waals surface area contributed by atoms with Gasteiger partial charge >= 0.3 is 6.09 Å². The number of carbonyl (C=O) groups excluding carboxylic acids is 2. The van der Waals surface area contributed by atoms with Crippen LogP contribution in [0.3, 0.4) is 0 Å². The van der Waals surface area contributed by atoms with E-state index in [1.807, 2.05) is 13.8 Å². The molecule has 1 amide bonds. The molecule has 0 aromatic heterocycles. The van der Waals surface area contributed by atoms with Gasteiger partial charge in [0.05, 0.1) is 5.33 Å². The molecule has 1 N–H and O–H groups in total. The molecule has 5 heteroatoms. The predicted molar refractivity (Wildman–Crippen MR) is 71.4 cm³/mol. The molecular formula is C12H22BrNO3. The standard InChI is InChI=1S/C12H22BrNO3/c1-8(2)10(6-9(15)7-13)14-11(16)17-12(3,4)5/h8,10H,6-7H2,1-5H3,(H,14,16)/t10-/m1/s1. The first-order valence-electron chi connectivity index (χ1n) is 5.73. The maximum Gasteiger partial charge on any atom is 0.407 e. The summed E-state index contributed by atoms with van der Waals surface area (Å²) in [5.41, 5.74) is -0.523. The van der Waals surface area contributed by atoms with E-state index in [9.17, 15) is 9.59 Å². The number of Topliss-reactive ketones (excluding diaryl/α,β-unsaturated/α-hetero) is 1. The van der Waals surface area contributed by atoms with Gasteiger partial charge in [0.25, 0.3) is 0 Å². The van der Waals surface area contributed by atoms with Crippen LogP contribution >= 0.6 is 15.9 Å². The first kappa shape index (κ1) is 16.4. The first-order chi connectivity index (χ1) is 7.65. The summed E-state index contributed by atoms with van der Waals surface area (Å²) in [6.45, 7) is 9.34. The Labute approximate surface area is 112 Å². The normalized spacial score (nSPS) is 13.4. The maximum atomic E-state index is 11.6. The first-order valence-corrected chi connectivity index (χ1v) is 6.85. The van der Waals surface area contributed by atoms with E-state index in [1.54, 1.807) is 20.8 Å². The Balaban J connectivity index is 4.35. The van der Waals surface area contributed by atoms with Crippen molar-refractivity contribution >= 4 is 27.8 Å². The van der Waals surface area contributed by atoms with Crippen molar-refractivity contribution < 1.29 is 14.3 Å². The van der Waals surface area contributed by atoms with Gasteiger partial charge in [-0.25, -0.2) is 4.79 Å². The van der Waals surface area contributed by atoms with Crippen molar-refractivity contribution in [3.63, 3.8) is 0 Å². The minimum Gasteiger partial charge on any atom is -0.444 e. The summed E-state index contributed by atoms with van der Waals surface area (Å²) in [4.78, 5) is 22.9. The molecule has 0 aromatic rings. The van der Waals surface area contributed by atoms with Crippen LogP contribution in [0, 0.1) is 5.92 Å². The number of nitrogens with one attached hydrogen (secondary N) is 1. The highest BCUT2D eigenvalue weighted by atomic mass is 79.9. The lowest BCUT2D eigenvalue weighted by Gasteiger charge is -2.25. The monoisotopic (exact) mass is 307 g/mol. The van der Waals surface area contributed by atoms with Crippen molar-refractivity contribution in [1.29, 1.82) is 0 Å². The molecule has 0 aliphatic carbocycles. The molecule has 0 heterocycles. The number of rotatable bonds is 5. The summed E-state index contributed by atoms with van der Waals surface area (Å²) in [6.07, 6.45) is -0.152. The number of amides is 1. The Morgan fingerprint density at radius 2 is 1.82 bits per heavy atom. The third-order valence-electron chi connectivity index (χ3n) is 2.10. The summed E-state index contributed by atoms with van der Waals surface area (Å²) < 4.78 is 5.16. The highest BCUT2D eigenvalue weighted by Crippen LogP contribution is 2.11. The van der Waals surface area contributed by atoms with Crippen LogP contribution in [0.2, 0.25) is 0 Å². The van der Waals surface area contributed by atoms with Gasteiger partial charge in [-0.1, -0.05) is 29.8 Å². The van der Waals surface area contributed by atoms with Crippen molar-refractivity contribution in [2.45, 2.75) is 52.7 Å². The van der Waals surface area contributed by atoms with Crippen molar-refractivity contribution in [3.05, 3.63) is 0 Å². The molecule has 17 heavy (non-hydrogen) atoms. The largest absolute Gasteiger partial charge is 0.444 e. The molecule has 4 nitrogen and oxygen atoms in total. The topological polar surface area (TPSA) is 55.4 Å². The van der Waals surface area contributed by atoms with Crippen LogP contribution in [0.15, 0.2) is 0 Å². The lowest BCUT2D eigenvalue weighted by atomic mass is 9.99. The molecule has 0 unspecified atom stereocenters. The Bertz CT molecular complexity index is 271. The Morgan fingerprint density at radius 3 is 2.18 bits per heavy atom. The zero-order chi connectivity index (χ0) is 13.6. The fourth-order valence-electron chi connectivity index (χ4n) is 1.21. The maximum absolute atomic E-state index is 11.6. The molecule has 0 spiro atoms. The van der Waals surface area contributed by atoms with Crippen molar-refractivity contribution in [1.82, 2.24) is 5.32 Å². The van der Waals surface area contributed by atoms with Crippen LogP contribution in [0.4, 0.5) is 4.79 Å². The molecule has 0 rings (SSSR count). The number of alkyl carbamates (subject to hydrolysis) is 1. The number of hydrogen-bond donors (Lipinski definition) is 1. The van der Waals surface area contributed by atoms with Gasteiger partial charge in [-0.15, -0.1) is 0 Å². The summed E-state index contributed by atoms with van der Waals surface area (Å²) in [5, 5.41) is 3.05. The second-order valence-electron chi connectivity index (χ2n) is 5.37. The number of alkyl halides is 1. The van der Waals surface area contributed by atoms with Gasteiger partial charge in [0.15, 0.2) is 0 Å². The molecule has 0 aromatic carbocycles. The average molecular weight is 308 g/mol. The summed E-state index contributed by atoms with van der Waals surface area (Å²) in [6, 6.07) is -0.185. The molecule has 0 saturated carbocycles. The molecule has 0 fully saturated rings. The predicted octanol–water partition coefficient (Wildman–Crippen LogP) is 2.89. The van der Waals surface area contributed by atoms with Gasteiger partial charge in [0.1, 0.15) is 11.4 Å². The van der Waals surface area contributed by atoms with E-state index in [2.05, 4.69) is 21.2 Å². The zero-order valence-electron chi connectivity index (χ0n) is 11.2. The Hall–Kier alpha value is -0.580. The van der Waals surface area contributed by atoms with E-state index in [4.69, 9.17) is 4.74 Å². The molecule has 0 radical (unpaired) electrons. The second kappa shape index (κ2) is 6.99. The highest BCUT2D eigenvalue weighted by Gasteiger charge is 2.22. The Morgan fingerprint density at radius 1 is 1.29 bits per heavy atom. The molecule has 0 aliphatic heterocycles.